The molecule has 13 nitrogen and oxygen atoms in total. The molecular formula is C38H63N7O6S2. The molecule has 0 aromatic carbocycles. The van der Waals surface area contributed by atoms with E-state index in [0.29, 0.717) is 32.4 Å². The predicted octanol–water partition coefficient (Wildman–Crippen LogP) is 5.16. The fraction of sp³-hybridized carbons (Fsp3) is 0.711. The number of fused-ring (bicyclic) bond motifs is 1. The molecule has 0 spiro atoms. The van der Waals surface area contributed by atoms with Crippen LogP contribution in [-0.4, -0.2) is 97.4 Å². The molecule has 15 heteroatoms. The molecule has 53 heavy (non-hydrogen) atoms. The molecule has 2 heterocycles. The second-order valence-electron chi connectivity index (χ2n) is 17.2. The van der Waals surface area contributed by atoms with E-state index in [-0.39, 0.29) is 41.2 Å². The van der Waals surface area contributed by atoms with Crippen LogP contribution in [-0.2, 0) is 23.5 Å². The average molecular weight is 778 g/mol. The molecular weight excluding hydrogens is 715 g/mol. The zero-order valence-electron chi connectivity index (χ0n) is 33.5. The van der Waals surface area contributed by atoms with Gasteiger partial charge >= 0.3 is 6.03 Å². The first-order valence-corrected chi connectivity index (χ1v) is 20.1. The lowest BCUT2D eigenvalue weighted by atomic mass is 9.85. The molecule has 5 amide bonds. The van der Waals surface area contributed by atoms with E-state index in [4.69, 9.17) is 4.28 Å². The molecule has 4 N–H and O–H groups in total. The highest BCUT2D eigenvalue weighted by Crippen LogP contribution is 2.65. The predicted molar refractivity (Wildman–Crippen MR) is 213 cm³/mol. The van der Waals surface area contributed by atoms with Gasteiger partial charge in [-0.1, -0.05) is 81.2 Å². The molecule has 4 unspecified atom stereocenters. The third-order valence-corrected chi connectivity index (χ3v) is 11.8. The number of hydrogen-bond acceptors (Lipinski definition) is 10. The number of likely N-dealkylation sites (N-methyl/N-ethyl adjacent to an activating group) is 1. The first-order chi connectivity index (χ1) is 24.6. The Morgan fingerprint density at radius 1 is 1.11 bits per heavy atom. The Balaban J connectivity index is 1.77. The number of Topliss-reactive ketones (excluding diaryl/α,β-unsaturated/α-hetero) is 1. The fourth-order valence-electron chi connectivity index (χ4n) is 7.16. The number of hydrogen-bond donors (Lipinski definition) is 4. The Morgan fingerprint density at radius 2 is 1.79 bits per heavy atom. The third kappa shape index (κ3) is 12.2. The molecule has 2 aliphatic rings. The maximum Gasteiger partial charge on any atom is 0.315 e. The van der Waals surface area contributed by atoms with Gasteiger partial charge in [-0.15, -0.1) is 17.9 Å². The van der Waals surface area contributed by atoms with Gasteiger partial charge in [-0.25, -0.2) is 9.08 Å². The number of carbonyl (C=O) groups is 5. The highest BCUT2D eigenvalue weighted by molar-refractivity contribution is 7.96. The van der Waals surface area contributed by atoms with Gasteiger partial charge in [0.15, 0.2) is 0 Å². The minimum atomic E-state index is -1.02. The number of rotatable bonds is 19. The van der Waals surface area contributed by atoms with Gasteiger partial charge in [0.1, 0.15) is 29.3 Å². The van der Waals surface area contributed by atoms with Crippen molar-refractivity contribution >= 4 is 58.1 Å². The Labute approximate surface area is 325 Å². The van der Waals surface area contributed by atoms with Crippen LogP contribution in [0.2, 0.25) is 0 Å². The summed E-state index contributed by atoms with van der Waals surface area (Å²) in [7, 11) is 3.73. The van der Waals surface area contributed by atoms with Crippen molar-refractivity contribution in [2.75, 3.05) is 38.0 Å². The van der Waals surface area contributed by atoms with Gasteiger partial charge in [-0.2, -0.15) is 5.06 Å². The number of carbonyl (C=O) groups excluding carboxylic acids is 5. The van der Waals surface area contributed by atoms with Crippen LogP contribution in [0.3, 0.4) is 0 Å². The van der Waals surface area contributed by atoms with Crippen molar-refractivity contribution in [2.45, 2.75) is 112 Å². The van der Waals surface area contributed by atoms with E-state index in [1.807, 2.05) is 63.6 Å². The molecule has 0 bridgehead atoms. The fourth-order valence-corrected chi connectivity index (χ4v) is 8.40. The normalized spacial score (nSPS) is 20.8. The Kier molecular flexibility index (Phi) is 15.4. The standard InChI is InChI=1S/C38H63N7O6S2/c1-13-15-17-26(30(46)33(48)39-19-14-2)41-32(47)29-28-25(38(28,9)10)23-45(29)34(49)31(37(6,7)8)42-35(50)40-24(21-36(3,4)5)22-43(11)51-53-44(12)27-18-16-20-52-27/h14,16,18,20,24-26,28-29,31H,2,13,15,17,19,21-23H2,1,3-12H3,(H,39,48)(H,41,47)(H2,40,42,50)/t24?,25-,26?,28-,29?,31?/m0/s1. The van der Waals surface area contributed by atoms with Crippen LogP contribution >= 0.6 is 23.6 Å². The summed E-state index contributed by atoms with van der Waals surface area (Å²) in [6, 6.07) is 0.329. The zero-order valence-corrected chi connectivity index (χ0v) is 35.2. The number of likely N-dealkylation sites (tertiary alicyclic amines) is 1. The summed E-state index contributed by atoms with van der Waals surface area (Å²) in [4.78, 5) is 69.7. The SMILES string of the molecule is C=CCNC(=O)C(=O)C(CCCC)NC(=O)C1[C@@H]2[C@H](CN1C(=O)C(NC(=O)NC(CN(C)OSN(C)c1cccs1)CC(C)(C)C)C(C)(C)C)C2(C)C. The number of hydroxylamine groups is 2. The first kappa shape index (κ1) is 44.3. The van der Waals surface area contributed by atoms with Crippen LogP contribution in [0, 0.1) is 28.1 Å². The zero-order chi connectivity index (χ0) is 39.9. The average Bonchev–Trinajstić information content (AvgIpc) is 3.50. The lowest BCUT2D eigenvalue weighted by Crippen LogP contribution is -2.62. The van der Waals surface area contributed by atoms with Crippen molar-refractivity contribution in [1.29, 1.82) is 0 Å². The van der Waals surface area contributed by atoms with E-state index >= 15 is 0 Å². The van der Waals surface area contributed by atoms with Gasteiger partial charge < -0.3 is 26.2 Å². The minimum Gasteiger partial charge on any atom is -0.346 e. The number of nitrogens with zero attached hydrogens (tertiary/aromatic N) is 3. The summed E-state index contributed by atoms with van der Waals surface area (Å²) in [6.07, 6.45) is 3.82. The van der Waals surface area contributed by atoms with E-state index in [1.54, 1.807) is 21.3 Å². The van der Waals surface area contributed by atoms with E-state index in [9.17, 15) is 24.0 Å². The molecule has 6 atom stereocenters. The lowest BCUT2D eigenvalue weighted by Gasteiger charge is -2.38. The topological polar surface area (TPSA) is 152 Å². The maximum absolute atomic E-state index is 14.5. The van der Waals surface area contributed by atoms with E-state index in [1.165, 1.54) is 18.3 Å². The molecule has 1 saturated carbocycles. The van der Waals surface area contributed by atoms with Gasteiger partial charge in [-0.05, 0) is 58.4 Å². The van der Waals surface area contributed by atoms with Crippen molar-refractivity contribution in [3.63, 3.8) is 0 Å². The van der Waals surface area contributed by atoms with Crippen molar-refractivity contribution in [2.24, 2.45) is 28.1 Å². The van der Waals surface area contributed by atoms with Crippen molar-refractivity contribution in [3.05, 3.63) is 30.2 Å². The number of unbranched alkanes of at least 4 members (excludes halogenated alkanes) is 1. The maximum atomic E-state index is 14.5. The lowest BCUT2D eigenvalue weighted by molar-refractivity contribution is -0.145. The Bertz CT molecular complexity index is 1440. The van der Waals surface area contributed by atoms with Gasteiger partial charge in [0.2, 0.25) is 17.6 Å². The Hall–Kier alpha value is -3.14. The van der Waals surface area contributed by atoms with Crippen LogP contribution in [0.4, 0.5) is 9.80 Å². The number of nitrogens with one attached hydrogen (secondary N) is 4. The molecule has 1 saturated heterocycles. The van der Waals surface area contributed by atoms with Crippen LogP contribution in [0.1, 0.15) is 88.0 Å². The summed E-state index contributed by atoms with van der Waals surface area (Å²) >= 11 is 2.79. The molecule has 298 valence electrons. The van der Waals surface area contributed by atoms with Crippen molar-refractivity contribution < 1.29 is 28.3 Å². The minimum absolute atomic E-state index is 0.0840. The van der Waals surface area contributed by atoms with Crippen LogP contribution in [0.5, 0.6) is 0 Å². The summed E-state index contributed by atoms with van der Waals surface area (Å²) in [6.45, 7) is 22.5. The molecule has 1 aromatic heterocycles. The number of ketones is 1. The van der Waals surface area contributed by atoms with E-state index in [0.717, 1.165) is 11.4 Å². The largest absolute Gasteiger partial charge is 0.346 e. The van der Waals surface area contributed by atoms with Gasteiger partial charge in [0, 0.05) is 39.8 Å². The monoisotopic (exact) mass is 777 g/mol. The third-order valence-electron chi connectivity index (χ3n) is 10.0. The molecule has 0 radical (unpaired) electrons. The number of piperidine rings is 1. The number of anilines is 1. The van der Waals surface area contributed by atoms with Crippen LogP contribution < -0.4 is 25.6 Å². The van der Waals surface area contributed by atoms with Crippen LogP contribution in [0.15, 0.2) is 30.2 Å². The summed E-state index contributed by atoms with van der Waals surface area (Å²) in [5.74, 6) is -2.38. The summed E-state index contributed by atoms with van der Waals surface area (Å²) < 4.78 is 7.84. The summed E-state index contributed by atoms with van der Waals surface area (Å²) in [5.41, 5.74) is -1.01. The summed E-state index contributed by atoms with van der Waals surface area (Å²) in [5, 5.41) is 16.1. The van der Waals surface area contributed by atoms with Gasteiger partial charge in [0.25, 0.3) is 5.91 Å². The molecule has 3 rings (SSSR count). The highest BCUT2D eigenvalue weighted by atomic mass is 32.2. The number of thiophene rings is 1. The smallest absolute Gasteiger partial charge is 0.315 e. The second-order valence-corrected chi connectivity index (χ2v) is 19.0. The van der Waals surface area contributed by atoms with Crippen LogP contribution in [0.25, 0.3) is 0 Å². The van der Waals surface area contributed by atoms with Gasteiger partial charge in [-0.3, -0.25) is 23.5 Å². The number of amides is 5. The van der Waals surface area contributed by atoms with E-state index < -0.39 is 47.2 Å². The molecule has 1 aliphatic carbocycles. The second kappa shape index (κ2) is 18.5. The molecule has 2 fully saturated rings. The first-order valence-electron chi connectivity index (χ1n) is 18.6. The van der Waals surface area contributed by atoms with Crippen molar-refractivity contribution in [3.8, 4) is 0 Å². The molecule has 1 aromatic rings. The van der Waals surface area contributed by atoms with Crippen molar-refractivity contribution in [1.82, 2.24) is 31.2 Å². The highest BCUT2D eigenvalue weighted by Gasteiger charge is 2.70. The Morgan fingerprint density at radius 3 is 2.36 bits per heavy atom. The molecule has 1 aliphatic heterocycles. The number of urea groups is 1. The van der Waals surface area contributed by atoms with E-state index in [2.05, 4.69) is 62.5 Å². The quantitative estimate of drug-likeness (QED) is 0.0491. The van der Waals surface area contributed by atoms with Gasteiger partial charge in [0.05, 0.1) is 6.04 Å².